The molecule has 2 aromatic heterocycles. The Labute approximate surface area is 175 Å². The Hall–Kier alpha value is -2.44. The van der Waals surface area contributed by atoms with E-state index in [-0.39, 0.29) is 11.6 Å². The number of piperazine rings is 1. The summed E-state index contributed by atoms with van der Waals surface area (Å²) in [5.74, 6) is 0.0149. The lowest BCUT2D eigenvalue weighted by atomic mass is 10.1. The van der Waals surface area contributed by atoms with Crippen molar-refractivity contribution < 1.29 is 14.1 Å². The van der Waals surface area contributed by atoms with Gasteiger partial charge in [-0.3, -0.25) is 4.79 Å². The summed E-state index contributed by atoms with van der Waals surface area (Å²) < 4.78 is 15.4. The number of thiophene rings is 1. The monoisotopic (exact) mass is 412 g/mol. The molecule has 3 aromatic rings. The zero-order chi connectivity index (χ0) is 20.4. The summed E-state index contributed by atoms with van der Waals surface area (Å²) in [6.07, 6.45) is 0. The van der Waals surface area contributed by atoms with Crippen LogP contribution in [0, 0.1) is 19.7 Å². The fraction of sp³-hybridized carbons (Fsp3) is 0.348. The number of halogens is 1. The highest BCUT2D eigenvalue weighted by Gasteiger charge is 2.25. The van der Waals surface area contributed by atoms with Crippen molar-refractivity contribution in [3.05, 3.63) is 75.5 Å². The van der Waals surface area contributed by atoms with Crippen LogP contribution in [0.1, 0.15) is 26.6 Å². The molecule has 1 fully saturated rings. The average molecular weight is 413 g/mol. The van der Waals surface area contributed by atoms with Gasteiger partial charge < -0.3 is 14.4 Å². The van der Waals surface area contributed by atoms with E-state index in [1.165, 1.54) is 21.9 Å². The van der Waals surface area contributed by atoms with E-state index in [0.717, 1.165) is 55.4 Å². The van der Waals surface area contributed by atoms with Crippen molar-refractivity contribution in [1.29, 1.82) is 0 Å². The van der Waals surface area contributed by atoms with Gasteiger partial charge in [0.25, 0.3) is 0 Å². The SMILES string of the molecule is Cc1cc(C(=O)C[NH+]2CCN(c3ccc(F)cc3)CC2)c(C)n1Cc1cccs1. The van der Waals surface area contributed by atoms with Gasteiger partial charge in [-0.1, -0.05) is 6.07 Å². The van der Waals surface area contributed by atoms with Gasteiger partial charge in [0.2, 0.25) is 5.78 Å². The number of carbonyl (C=O) groups is 1. The predicted octanol–water partition coefficient (Wildman–Crippen LogP) is 2.94. The molecule has 0 unspecified atom stereocenters. The Morgan fingerprint density at radius 2 is 1.86 bits per heavy atom. The van der Waals surface area contributed by atoms with Gasteiger partial charge in [0.1, 0.15) is 12.4 Å². The zero-order valence-electron chi connectivity index (χ0n) is 17.0. The summed E-state index contributed by atoms with van der Waals surface area (Å²) >= 11 is 1.75. The van der Waals surface area contributed by atoms with Gasteiger partial charge in [-0.05, 0) is 55.6 Å². The lowest BCUT2D eigenvalue weighted by Crippen LogP contribution is -3.15. The third-order valence-corrected chi connectivity index (χ3v) is 6.70. The number of nitrogens with one attached hydrogen (secondary N) is 1. The van der Waals surface area contributed by atoms with E-state index >= 15 is 0 Å². The molecule has 1 aliphatic rings. The lowest BCUT2D eigenvalue weighted by molar-refractivity contribution is -0.892. The molecule has 6 heteroatoms. The zero-order valence-corrected chi connectivity index (χ0v) is 17.8. The second kappa shape index (κ2) is 8.51. The van der Waals surface area contributed by atoms with Crippen LogP contribution in [-0.2, 0) is 6.54 Å². The first-order chi connectivity index (χ1) is 14.0. The summed E-state index contributed by atoms with van der Waals surface area (Å²) in [6, 6.07) is 12.9. The molecule has 29 heavy (non-hydrogen) atoms. The van der Waals surface area contributed by atoms with Crippen LogP contribution in [0.4, 0.5) is 10.1 Å². The Balaban J connectivity index is 1.37. The van der Waals surface area contributed by atoms with E-state index in [4.69, 9.17) is 0 Å². The summed E-state index contributed by atoms with van der Waals surface area (Å²) in [6.45, 7) is 9.07. The normalized spacial score (nSPS) is 15.1. The summed E-state index contributed by atoms with van der Waals surface area (Å²) in [7, 11) is 0. The molecule has 4 rings (SSSR count). The Kier molecular flexibility index (Phi) is 5.83. The van der Waals surface area contributed by atoms with Crippen molar-refractivity contribution in [2.45, 2.75) is 20.4 Å². The number of aryl methyl sites for hydroxylation is 1. The van der Waals surface area contributed by atoms with E-state index in [0.29, 0.717) is 6.54 Å². The van der Waals surface area contributed by atoms with Crippen molar-refractivity contribution in [2.24, 2.45) is 0 Å². The first kappa shape index (κ1) is 19.9. The van der Waals surface area contributed by atoms with E-state index < -0.39 is 0 Å². The third-order valence-electron chi connectivity index (χ3n) is 5.84. The van der Waals surface area contributed by atoms with E-state index in [2.05, 4.69) is 40.8 Å². The van der Waals surface area contributed by atoms with Gasteiger partial charge in [0.05, 0.1) is 32.7 Å². The second-order valence-corrected chi connectivity index (χ2v) is 8.80. The molecular weight excluding hydrogens is 385 g/mol. The number of quaternary nitrogens is 1. The molecule has 1 N–H and O–H groups in total. The fourth-order valence-electron chi connectivity index (χ4n) is 4.12. The number of rotatable bonds is 6. The number of benzene rings is 1. The van der Waals surface area contributed by atoms with Crippen molar-refractivity contribution in [3.63, 3.8) is 0 Å². The maximum atomic E-state index is 13.1. The lowest BCUT2D eigenvalue weighted by Gasteiger charge is -2.33. The molecule has 0 bridgehead atoms. The number of anilines is 1. The average Bonchev–Trinajstić information content (AvgIpc) is 3.33. The van der Waals surface area contributed by atoms with Crippen LogP contribution in [0.3, 0.4) is 0 Å². The molecule has 0 aliphatic carbocycles. The molecule has 0 spiro atoms. The highest BCUT2D eigenvalue weighted by molar-refractivity contribution is 7.09. The number of Topliss-reactive ketones (excluding diaryl/α,β-unsaturated/α-hetero) is 1. The Bertz CT molecular complexity index is 970. The largest absolute Gasteiger partial charge is 0.360 e. The van der Waals surface area contributed by atoms with Crippen molar-refractivity contribution in [1.82, 2.24) is 4.57 Å². The van der Waals surface area contributed by atoms with Gasteiger partial charge in [-0.15, -0.1) is 11.3 Å². The number of ketones is 1. The molecule has 0 saturated carbocycles. The van der Waals surface area contributed by atoms with Gasteiger partial charge in [0, 0.05) is 27.5 Å². The number of aromatic nitrogens is 1. The number of carbonyl (C=O) groups excluding carboxylic acids is 1. The van der Waals surface area contributed by atoms with Crippen LogP contribution < -0.4 is 9.80 Å². The van der Waals surface area contributed by atoms with Crippen molar-refractivity contribution >= 4 is 22.8 Å². The first-order valence-corrected chi connectivity index (χ1v) is 11.0. The van der Waals surface area contributed by atoms with Crippen LogP contribution in [0.25, 0.3) is 0 Å². The molecule has 152 valence electrons. The topological polar surface area (TPSA) is 29.7 Å². The highest BCUT2D eigenvalue weighted by atomic mass is 32.1. The Morgan fingerprint density at radius 3 is 2.52 bits per heavy atom. The van der Waals surface area contributed by atoms with Crippen LogP contribution in [0.5, 0.6) is 0 Å². The molecular formula is C23H27FN3OS+. The molecule has 0 radical (unpaired) electrons. The quantitative estimate of drug-likeness (QED) is 0.631. The number of hydrogen-bond acceptors (Lipinski definition) is 3. The van der Waals surface area contributed by atoms with Crippen LogP contribution in [0.2, 0.25) is 0 Å². The Morgan fingerprint density at radius 1 is 1.14 bits per heavy atom. The summed E-state index contributed by atoms with van der Waals surface area (Å²) in [5, 5.41) is 2.09. The molecule has 1 aromatic carbocycles. The molecule has 0 atom stereocenters. The third kappa shape index (κ3) is 4.43. The van der Waals surface area contributed by atoms with Crippen LogP contribution >= 0.6 is 11.3 Å². The summed E-state index contributed by atoms with van der Waals surface area (Å²) in [4.78, 5) is 17.9. The first-order valence-electron chi connectivity index (χ1n) is 10.1. The van der Waals surface area contributed by atoms with Gasteiger partial charge >= 0.3 is 0 Å². The smallest absolute Gasteiger partial charge is 0.218 e. The second-order valence-electron chi connectivity index (χ2n) is 7.76. The number of hydrogen-bond donors (Lipinski definition) is 1. The maximum absolute atomic E-state index is 13.1. The molecule has 3 heterocycles. The minimum absolute atomic E-state index is 0.208. The van der Waals surface area contributed by atoms with E-state index in [1.807, 2.05) is 18.2 Å². The van der Waals surface area contributed by atoms with Gasteiger partial charge in [-0.25, -0.2) is 4.39 Å². The van der Waals surface area contributed by atoms with Gasteiger partial charge in [-0.2, -0.15) is 0 Å². The van der Waals surface area contributed by atoms with Crippen molar-refractivity contribution in [3.8, 4) is 0 Å². The molecule has 4 nitrogen and oxygen atoms in total. The summed E-state index contributed by atoms with van der Waals surface area (Å²) in [5.41, 5.74) is 4.10. The van der Waals surface area contributed by atoms with Crippen molar-refractivity contribution in [2.75, 3.05) is 37.6 Å². The predicted molar refractivity (Wildman–Crippen MR) is 116 cm³/mol. The van der Waals surface area contributed by atoms with Crippen LogP contribution in [0.15, 0.2) is 47.8 Å². The van der Waals surface area contributed by atoms with E-state index in [1.54, 1.807) is 11.3 Å². The van der Waals surface area contributed by atoms with Crippen LogP contribution in [-0.4, -0.2) is 43.1 Å². The standard InChI is InChI=1S/C23H26FN3OS/c1-17-14-22(18(2)27(17)15-21-4-3-13-29-21)23(28)16-25-9-11-26(12-10-25)20-7-5-19(24)6-8-20/h3-8,13-14H,9-12,15-16H2,1-2H3/p+1. The molecule has 1 saturated heterocycles. The minimum Gasteiger partial charge on any atom is -0.360 e. The van der Waals surface area contributed by atoms with E-state index in [9.17, 15) is 9.18 Å². The number of nitrogens with zero attached hydrogens (tertiary/aromatic N) is 2. The maximum Gasteiger partial charge on any atom is 0.218 e. The molecule has 0 amide bonds. The van der Waals surface area contributed by atoms with Gasteiger partial charge in [0.15, 0.2) is 0 Å². The molecule has 1 aliphatic heterocycles. The fourth-order valence-corrected chi connectivity index (χ4v) is 4.81. The highest BCUT2D eigenvalue weighted by Crippen LogP contribution is 2.19. The minimum atomic E-state index is -0.208.